The molecule has 2 aromatic rings. The zero-order valence-electron chi connectivity index (χ0n) is 14.3. The van der Waals surface area contributed by atoms with Crippen molar-refractivity contribution in [2.45, 2.75) is 31.4 Å². The van der Waals surface area contributed by atoms with Crippen molar-refractivity contribution in [2.75, 3.05) is 13.1 Å². The van der Waals surface area contributed by atoms with E-state index < -0.39 is 5.72 Å². The maximum absolute atomic E-state index is 6.32. The lowest BCUT2D eigenvalue weighted by Crippen LogP contribution is -2.49. The fourth-order valence-corrected chi connectivity index (χ4v) is 5.06. The van der Waals surface area contributed by atoms with Crippen molar-refractivity contribution >= 4 is 17.3 Å². The van der Waals surface area contributed by atoms with Gasteiger partial charge in [-0.05, 0) is 42.0 Å². The molecule has 3 aliphatic rings. The second kappa shape index (κ2) is 5.58. The summed E-state index contributed by atoms with van der Waals surface area (Å²) in [6.07, 6.45) is 2.45. The van der Waals surface area contributed by atoms with Gasteiger partial charge in [-0.15, -0.1) is 0 Å². The number of halogens is 1. The third-order valence-corrected chi connectivity index (χ3v) is 6.30. The summed E-state index contributed by atoms with van der Waals surface area (Å²) < 4.78 is 0. The van der Waals surface area contributed by atoms with Crippen LogP contribution in [0.25, 0.3) is 0 Å². The maximum Gasteiger partial charge on any atom is 0.226 e. The lowest BCUT2D eigenvalue weighted by Gasteiger charge is -2.38. The van der Waals surface area contributed by atoms with Crippen molar-refractivity contribution in [3.63, 3.8) is 0 Å². The normalized spacial score (nSPS) is 30.7. The van der Waals surface area contributed by atoms with Gasteiger partial charge in [0.05, 0.1) is 11.6 Å². The van der Waals surface area contributed by atoms with Crippen LogP contribution >= 0.6 is 11.6 Å². The Labute approximate surface area is 153 Å². The highest BCUT2D eigenvalue weighted by Crippen LogP contribution is 2.57. The van der Waals surface area contributed by atoms with Crippen LogP contribution in [0.3, 0.4) is 0 Å². The largest absolute Gasteiger partial charge is 0.367 e. The average molecular weight is 353 g/mol. The molecule has 0 saturated carbocycles. The van der Waals surface area contributed by atoms with Gasteiger partial charge in [0.1, 0.15) is 0 Å². The Bertz CT molecular complexity index is 841. The van der Waals surface area contributed by atoms with Crippen LogP contribution < -0.4 is 0 Å². The molecule has 5 rings (SSSR count). The van der Waals surface area contributed by atoms with E-state index in [9.17, 15) is 0 Å². The Balaban J connectivity index is 1.66. The quantitative estimate of drug-likeness (QED) is 0.778. The summed E-state index contributed by atoms with van der Waals surface area (Å²) >= 11 is 6.08. The third kappa shape index (κ3) is 2.06. The van der Waals surface area contributed by atoms with Gasteiger partial charge in [-0.3, -0.25) is 4.90 Å². The summed E-state index contributed by atoms with van der Waals surface area (Å²) in [6, 6.07) is 16.7. The summed E-state index contributed by atoms with van der Waals surface area (Å²) in [5.74, 6) is 0.581. The number of hydrogen-bond acceptors (Lipinski definition) is 3. The summed E-state index contributed by atoms with van der Waals surface area (Å²) in [5, 5.41) is 5.37. The Hall–Kier alpha value is -1.84. The minimum Gasteiger partial charge on any atom is -0.367 e. The van der Waals surface area contributed by atoms with Gasteiger partial charge in [0.15, 0.2) is 0 Å². The molecule has 25 heavy (non-hydrogen) atoms. The van der Waals surface area contributed by atoms with Crippen molar-refractivity contribution in [3.05, 3.63) is 70.2 Å². The highest BCUT2D eigenvalue weighted by atomic mass is 35.5. The molecular formula is C21H21ClN2O. The second-order valence-corrected chi connectivity index (χ2v) is 7.76. The first-order valence-electron chi connectivity index (χ1n) is 9.08. The SMILES string of the molecule is C[C@H]1c2ccccc2[C@]2(N3CCCC3)ON=C(c3ccc(Cl)cc3)[C@H]12. The van der Waals surface area contributed by atoms with Crippen molar-refractivity contribution in [1.29, 1.82) is 0 Å². The molecule has 0 N–H and O–H groups in total. The molecule has 0 bridgehead atoms. The molecule has 0 unspecified atom stereocenters. The third-order valence-electron chi connectivity index (χ3n) is 6.05. The molecule has 2 aromatic carbocycles. The molecule has 1 aliphatic carbocycles. The van der Waals surface area contributed by atoms with Crippen LogP contribution in [-0.4, -0.2) is 23.7 Å². The van der Waals surface area contributed by atoms with Crippen molar-refractivity contribution in [3.8, 4) is 0 Å². The first-order valence-corrected chi connectivity index (χ1v) is 9.46. The molecule has 1 fully saturated rings. The minimum absolute atomic E-state index is 0.212. The molecule has 3 atom stereocenters. The molecular weight excluding hydrogens is 332 g/mol. The van der Waals surface area contributed by atoms with E-state index in [0.717, 1.165) is 29.4 Å². The fourth-order valence-electron chi connectivity index (χ4n) is 4.94. The number of likely N-dealkylation sites (tertiary alicyclic amines) is 1. The second-order valence-electron chi connectivity index (χ2n) is 7.32. The zero-order chi connectivity index (χ0) is 17.0. The van der Waals surface area contributed by atoms with Crippen LogP contribution in [0.5, 0.6) is 0 Å². The molecule has 1 saturated heterocycles. The van der Waals surface area contributed by atoms with Gasteiger partial charge in [0, 0.05) is 23.7 Å². The van der Waals surface area contributed by atoms with Crippen LogP contribution in [0.1, 0.15) is 42.4 Å². The van der Waals surface area contributed by atoms with E-state index in [4.69, 9.17) is 16.4 Å². The monoisotopic (exact) mass is 352 g/mol. The maximum atomic E-state index is 6.32. The highest BCUT2D eigenvalue weighted by molar-refractivity contribution is 6.30. The van der Waals surface area contributed by atoms with E-state index in [-0.39, 0.29) is 5.92 Å². The lowest BCUT2D eigenvalue weighted by atomic mass is 9.82. The summed E-state index contributed by atoms with van der Waals surface area (Å²) in [4.78, 5) is 8.83. The van der Waals surface area contributed by atoms with E-state index in [2.05, 4.69) is 53.4 Å². The average Bonchev–Trinajstić information content (AvgIpc) is 3.34. The summed E-state index contributed by atoms with van der Waals surface area (Å²) in [7, 11) is 0. The summed E-state index contributed by atoms with van der Waals surface area (Å²) in [5.41, 5.74) is 4.40. The van der Waals surface area contributed by atoms with Crippen molar-refractivity contribution in [2.24, 2.45) is 11.1 Å². The van der Waals surface area contributed by atoms with E-state index >= 15 is 0 Å². The Kier molecular flexibility index (Phi) is 3.44. The molecule has 128 valence electrons. The molecule has 0 amide bonds. The number of fused-ring (bicyclic) bond motifs is 3. The number of hydrogen-bond donors (Lipinski definition) is 0. The van der Waals surface area contributed by atoms with E-state index in [0.29, 0.717) is 5.92 Å². The Morgan fingerprint density at radius 3 is 2.56 bits per heavy atom. The predicted molar refractivity (Wildman–Crippen MR) is 99.9 cm³/mol. The number of oxime groups is 1. The van der Waals surface area contributed by atoms with Gasteiger partial charge < -0.3 is 4.84 Å². The Morgan fingerprint density at radius 1 is 1.08 bits per heavy atom. The molecule has 2 heterocycles. The molecule has 0 spiro atoms. The van der Waals surface area contributed by atoms with Gasteiger partial charge >= 0.3 is 0 Å². The summed E-state index contributed by atoms with van der Waals surface area (Å²) in [6.45, 7) is 4.45. The van der Waals surface area contributed by atoms with Gasteiger partial charge in [-0.2, -0.15) is 0 Å². The van der Waals surface area contributed by atoms with Gasteiger partial charge in [-0.25, -0.2) is 0 Å². The highest BCUT2D eigenvalue weighted by Gasteiger charge is 2.62. The number of nitrogens with zero attached hydrogens (tertiary/aromatic N) is 2. The van der Waals surface area contributed by atoms with Gasteiger partial charge in [0.2, 0.25) is 5.72 Å². The van der Waals surface area contributed by atoms with Crippen LogP contribution in [0.15, 0.2) is 53.7 Å². The van der Waals surface area contributed by atoms with Crippen LogP contribution in [-0.2, 0) is 10.6 Å². The number of rotatable bonds is 2. The van der Waals surface area contributed by atoms with Gasteiger partial charge in [-0.1, -0.05) is 60.1 Å². The predicted octanol–water partition coefficient (Wildman–Crippen LogP) is 4.76. The topological polar surface area (TPSA) is 24.8 Å². The van der Waals surface area contributed by atoms with E-state index in [1.165, 1.54) is 24.0 Å². The number of benzene rings is 2. The molecule has 3 nitrogen and oxygen atoms in total. The molecule has 2 aliphatic heterocycles. The van der Waals surface area contributed by atoms with Crippen LogP contribution in [0, 0.1) is 5.92 Å². The molecule has 4 heteroatoms. The minimum atomic E-state index is -0.443. The Morgan fingerprint density at radius 2 is 1.80 bits per heavy atom. The standard InChI is InChI=1S/C21H21ClN2O/c1-14-17-6-2-3-7-18(17)21(24-12-4-5-13-24)19(14)20(23-25-21)15-8-10-16(22)11-9-15/h2-3,6-11,14,19H,4-5,12-13H2,1H3/t14-,19-,21-/m0/s1. The van der Waals surface area contributed by atoms with E-state index in [1.54, 1.807) is 0 Å². The first-order chi connectivity index (χ1) is 12.2. The zero-order valence-corrected chi connectivity index (χ0v) is 15.0. The van der Waals surface area contributed by atoms with Crippen molar-refractivity contribution in [1.82, 2.24) is 4.90 Å². The van der Waals surface area contributed by atoms with Crippen molar-refractivity contribution < 1.29 is 4.84 Å². The van der Waals surface area contributed by atoms with Crippen LogP contribution in [0.4, 0.5) is 0 Å². The smallest absolute Gasteiger partial charge is 0.226 e. The van der Waals surface area contributed by atoms with Gasteiger partial charge in [0.25, 0.3) is 0 Å². The molecule has 0 radical (unpaired) electrons. The fraction of sp³-hybridized carbons (Fsp3) is 0.381. The van der Waals surface area contributed by atoms with Crippen LogP contribution in [0.2, 0.25) is 5.02 Å². The van der Waals surface area contributed by atoms with E-state index in [1.807, 2.05) is 12.1 Å². The molecule has 0 aromatic heterocycles. The lowest BCUT2D eigenvalue weighted by molar-refractivity contribution is -0.156. The first kappa shape index (κ1) is 15.4.